The Morgan fingerprint density at radius 3 is 2.95 bits per heavy atom. The minimum atomic E-state index is -4.33. The minimum Gasteiger partial charge on any atom is -0.338 e. The van der Waals surface area contributed by atoms with Crippen molar-refractivity contribution in [2.24, 2.45) is 0 Å². The van der Waals surface area contributed by atoms with Gasteiger partial charge in [0.1, 0.15) is 5.82 Å². The van der Waals surface area contributed by atoms with Crippen molar-refractivity contribution in [1.82, 2.24) is 15.2 Å². The molecule has 4 nitrogen and oxygen atoms in total. The van der Waals surface area contributed by atoms with E-state index >= 15 is 0 Å². The van der Waals surface area contributed by atoms with Gasteiger partial charge in [0.2, 0.25) is 0 Å². The van der Waals surface area contributed by atoms with Crippen LogP contribution in [0.15, 0.2) is 12.3 Å². The minimum absolute atomic E-state index is 0.186. The molecule has 2 aliphatic rings. The zero-order chi connectivity index (χ0) is 14.3. The lowest BCUT2D eigenvalue weighted by atomic mass is 10.1. The molecule has 3 heterocycles. The SMILES string of the molecule is CCN1Cc2cc(C(F)(F)F)cnc2N2CCNC[C@H]12. The van der Waals surface area contributed by atoms with Crippen molar-refractivity contribution in [3.05, 3.63) is 23.4 Å². The molecule has 0 unspecified atom stereocenters. The second-order valence-corrected chi connectivity index (χ2v) is 5.15. The number of alkyl halides is 3. The molecular formula is C13H17F3N4. The van der Waals surface area contributed by atoms with E-state index in [1.54, 1.807) is 0 Å². The van der Waals surface area contributed by atoms with Crippen LogP contribution in [0.5, 0.6) is 0 Å². The molecule has 1 fully saturated rings. The van der Waals surface area contributed by atoms with Crippen LogP contribution in [0, 0.1) is 0 Å². The number of likely N-dealkylation sites (N-methyl/N-ethyl adjacent to an activating group) is 1. The van der Waals surface area contributed by atoms with E-state index in [2.05, 4.69) is 20.1 Å². The summed E-state index contributed by atoms with van der Waals surface area (Å²) in [5.41, 5.74) is 0.000660. The van der Waals surface area contributed by atoms with Gasteiger partial charge in [0, 0.05) is 37.9 Å². The zero-order valence-corrected chi connectivity index (χ0v) is 11.2. The highest BCUT2D eigenvalue weighted by Crippen LogP contribution is 2.35. The third-order valence-corrected chi connectivity index (χ3v) is 3.96. The van der Waals surface area contributed by atoms with Gasteiger partial charge in [0.25, 0.3) is 0 Å². The number of anilines is 1. The van der Waals surface area contributed by atoms with Crippen molar-refractivity contribution in [3.63, 3.8) is 0 Å². The number of aromatic nitrogens is 1. The van der Waals surface area contributed by atoms with E-state index in [0.717, 1.165) is 32.4 Å². The van der Waals surface area contributed by atoms with Crippen LogP contribution in [-0.4, -0.2) is 42.2 Å². The monoisotopic (exact) mass is 286 g/mol. The molecule has 0 saturated carbocycles. The van der Waals surface area contributed by atoms with Crippen LogP contribution in [-0.2, 0) is 12.7 Å². The Balaban J connectivity index is 2.00. The van der Waals surface area contributed by atoms with Crippen molar-refractivity contribution in [2.45, 2.75) is 25.8 Å². The van der Waals surface area contributed by atoms with Gasteiger partial charge in [-0.1, -0.05) is 6.92 Å². The first-order valence-corrected chi connectivity index (χ1v) is 6.78. The Labute approximate surface area is 115 Å². The topological polar surface area (TPSA) is 31.4 Å². The number of halogens is 3. The maximum Gasteiger partial charge on any atom is 0.417 e. The van der Waals surface area contributed by atoms with Crippen LogP contribution in [0.25, 0.3) is 0 Å². The standard InChI is InChI=1S/C13H17F3N4/c1-2-19-8-9-5-10(13(14,15)16)6-18-12(9)20-4-3-17-7-11(19)20/h5-6,11,17H,2-4,7-8H2,1H3/t11-/m1/s1. The molecule has 110 valence electrons. The number of hydrogen-bond donors (Lipinski definition) is 1. The molecule has 1 N–H and O–H groups in total. The van der Waals surface area contributed by atoms with E-state index in [1.165, 1.54) is 6.07 Å². The second kappa shape index (κ2) is 4.89. The van der Waals surface area contributed by atoms with Gasteiger partial charge in [-0.15, -0.1) is 0 Å². The summed E-state index contributed by atoms with van der Waals surface area (Å²) in [6, 6.07) is 1.24. The normalized spacial score (nSPS) is 23.4. The maximum absolute atomic E-state index is 12.8. The molecule has 1 aromatic heterocycles. The van der Waals surface area contributed by atoms with Crippen molar-refractivity contribution < 1.29 is 13.2 Å². The van der Waals surface area contributed by atoms with Gasteiger partial charge in [-0.25, -0.2) is 4.98 Å². The summed E-state index contributed by atoms with van der Waals surface area (Å²) in [7, 11) is 0. The summed E-state index contributed by atoms with van der Waals surface area (Å²) < 4.78 is 38.4. The summed E-state index contributed by atoms with van der Waals surface area (Å²) >= 11 is 0. The van der Waals surface area contributed by atoms with Gasteiger partial charge in [0.05, 0.1) is 11.7 Å². The quantitative estimate of drug-likeness (QED) is 0.851. The molecule has 0 bridgehead atoms. The lowest BCUT2D eigenvalue weighted by molar-refractivity contribution is -0.137. The van der Waals surface area contributed by atoms with E-state index in [1.807, 2.05) is 6.92 Å². The first-order valence-electron chi connectivity index (χ1n) is 6.78. The van der Waals surface area contributed by atoms with Gasteiger partial charge >= 0.3 is 6.18 Å². The fraction of sp³-hybridized carbons (Fsp3) is 0.615. The van der Waals surface area contributed by atoms with Gasteiger partial charge < -0.3 is 10.2 Å². The number of nitrogens with one attached hydrogen (secondary N) is 1. The van der Waals surface area contributed by atoms with Crippen molar-refractivity contribution in [2.75, 3.05) is 31.1 Å². The van der Waals surface area contributed by atoms with Crippen LogP contribution in [0.4, 0.5) is 19.0 Å². The molecule has 1 saturated heterocycles. The maximum atomic E-state index is 12.8. The van der Waals surface area contributed by atoms with Crippen molar-refractivity contribution in [3.8, 4) is 0 Å². The summed E-state index contributed by atoms with van der Waals surface area (Å²) in [6.07, 6.45) is -3.20. The van der Waals surface area contributed by atoms with E-state index < -0.39 is 11.7 Å². The summed E-state index contributed by atoms with van der Waals surface area (Å²) in [4.78, 5) is 8.38. The number of fused-ring (bicyclic) bond motifs is 3. The van der Waals surface area contributed by atoms with E-state index in [0.29, 0.717) is 17.9 Å². The third kappa shape index (κ3) is 2.25. The first-order chi connectivity index (χ1) is 9.50. The predicted octanol–water partition coefficient (Wildman–Crippen LogP) is 1.67. The smallest absolute Gasteiger partial charge is 0.338 e. The Bertz CT molecular complexity index is 503. The zero-order valence-electron chi connectivity index (χ0n) is 11.2. The molecule has 20 heavy (non-hydrogen) atoms. The molecule has 2 aliphatic heterocycles. The van der Waals surface area contributed by atoms with Gasteiger partial charge in [-0.3, -0.25) is 4.90 Å². The fourth-order valence-electron chi connectivity index (χ4n) is 2.94. The average Bonchev–Trinajstić information content (AvgIpc) is 2.44. The Morgan fingerprint density at radius 2 is 2.25 bits per heavy atom. The highest BCUT2D eigenvalue weighted by Gasteiger charge is 2.37. The van der Waals surface area contributed by atoms with Crippen molar-refractivity contribution >= 4 is 5.82 Å². The fourth-order valence-corrected chi connectivity index (χ4v) is 2.94. The van der Waals surface area contributed by atoms with Crippen molar-refractivity contribution in [1.29, 1.82) is 0 Å². The van der Waals surface area contributed by atoms with Gasteiger partial charge in [-0.05, 0) is 12.6 Å². The Morgan fingerprint density at radius 1 is 1.45 bits per heavy atom. The van der Waals surface area contributed by atoms with E-state index in [-0.39, 0.29) is 6.17 Å². The molecule has 0 aromatic carbocycles. The molecule has 1 atom stereocenters. The van der Waals surface area contributed by atoms with Crippen LogP contribution >= 0.6 is 0 Å². The number of hydrogen-bond acceptors (Lipinski definition) is 4. The van der Waals surface area contributed by atoms with Crippen LogP contribution in [0.3, 0.4) is 0 Å². The Kier molecular flexibility index (Phi) is 3.33. The van der Waals surface area contributed by atoms with E-state index in [4.69, 9.17) is 0 Å². The molecule has 3 rings (SSSR count). The largest absolute Gasteiger partial charge is 0.417 e. The molecule has 0 amide bonds. The summed E-state index contributed by atoms with van der Waals surface area (Å²) in [5, 5.41) is 3.32. The highest BCUT2D eigenvalue weighted by atomic mass is 19.4. The van der Waals surface area contributed by atoms with Gasteiger partial charge in [-0.2, -0.15) is 13.2 Å². The Hall–Kier alpha value is -1.34. The number of piperazine rings is 1. The van der Waals surface area contributed by atoms with Crippen LogP contribution in [0.1, 0.15) is 18.1 Å². The predicted molar refractivity (Wildman–Crippen MR) is 69.3 cm³/mol. The number of pyridine rings is 1. The molecule has 7 heteroatoms. The average molecular weight is 286 g/mol. The molecule has 0 aliphatic carbocycles. The summed E-state index contributed by atoms with van der Waals surface area (Å²) in [6.45, 7) is 5.77. The lowest BCUT2D eigenvalue weighted by Gasteiger charge is -2.47. The van der Waals surface area contributed by atoms with E-state index in [9.17, 15) is 13.2 Å². The third-order valence-electron chi connectivity index (χ3n) is 3.96. The molecule has 0 radical (unpaired) electrons. The number of nitrogens with zero attached hydrogens (tertiary/aromatic N) is 3. The first kappa shape index (κ1) is 13.6. The van der Waals surface area contributed by atoms with Crippen LogP contribution < -0.4 is 10.2 Å². The molecule has 0 spiro atoms. The molecule has 1 aromatic rings. The summed E-state index contributed by atoms with van der Waals surface area (Å²) in [5.74, 6) is 0.703. The second-order valence-electron chi connectivity index (χ2n) is 5.15. The molecular weight excluding hydrogens is 269 g/mol. The van der Waals surface area contributed by atoms with Gasteiger partial charge in [0.15, 0.2) is 0 Å². The van der Waals surface area contributed by atoms with Crippen LogP contribution in [0.2, 0.25) is 0 Å². The number of rotatable bonds is 1. The highest BCUT2D eigenvalue weighted by molar-refractivity contribution is 5.52. The lowest BCUT2D eigenvalue weighted by Crippen LogP contribution is -2.61.